The highest BCUT2D eigenvalue weighted by molar-refractivity contribution is 6.04. The minimum atomic E-state index is -1.06. The summed E-state index contributed by atoms with van der Waals surface area (Å²) in [5.74, 6) is -0.660. The monoisotopic (exact) mass is 451 g/mol. The number of amides is 3. The summed E-state index contributed by atoms with van der Waals surface area (Å²) in [6.07, 6.45) is 0.319. The summed E-state index contributed by atoms with van der Waals surface area (Å²) < 4.78 is 5.10. The Kier molecular flexibility index (Phi) is 7.29. The fourth-order valence-corrected chi connectivity index (χ4v) is 3.06. The highest BCUT2D eigenvalue weighted by atomic mass is 16.5. The van der Waals surface area contributed by atoms with Gasteiger partial charge in [-0.15, -0.1) is 0 Å². The number of primary amides is 1. The Balaban J connectivity index is 1.69. The Morgan fingerprint density at radius 2 is 1.85 bits per heavy atom. The fraction of sp³-hybridized carbons (Fsp3) is 0.217. The van der Waals surface area contributed by atoms with Crippen molar-refractivity contribution in [2.45, 2.75) is 26.2 Å². The van der Waals surface area contributed by atoms with Crippen molar-refractivity contribution < 1.29 is 24.2 Å². The molecule has 0 aliphatic carbocycles. The summed E-state index contributed by atoms with van der Waals surface area (Å²) in [4.78, 5) is 42.0. The van der Waals surface area contributed by atoms with Gasteiger partial charge in [-0.2, -0.15) is 0 Å². The zero-order chi connectivity index (χ0) is 24.0. The largest absolute Gasteiger partial charge is 0.482 e. The molecule has 0 unspecified atom stereocenters. The number of nitrogens with two attached hydrogens (primary N) is 1. The molecule has 0 atom stereocenters. The van der Waals surface area contributed by atoms with Gasteiger partial charge in [-0.05, 0) is 41.3 Å². The maximum absolute atomic E-state index is 12.5. The van der Waals surface area contributed by atoms with Gasteiger partial charge in [-0.25, -0.2) is 14.6 Å². The third kappa shape index (κ3) is 6.57. The molecular weight excluding hydrogens is 426 g/mol. The molecule has 1 aromatic heterocycles. The number of nitrogens with zero attached hydrogens (tertiary/aromatic N) is 1. The van der Waals surface area contributed by atoms with Gasteiger partial charge in [-0.3, -0.25) is 10.1 Å². The lowest BCUT2D eigenvalue weighted by atomic mass is 10.0. The average molecular weight is 451 g/mol. The first-order valence-corrected chi connectivity index (χ1v) is 10.2. The molecule has 0 saturated heterocycles. The molecule has 10 heteroatoms. The standard InChI is InChI=1S/C23H25N5O5/c1-13(2)15-4-3-5-16(11-15)25-23(32)28-22-20(21(24)31)26-18(27-22)10-14-6-8-17(9-7-14)33-12-19(29)30/h3-9,11,13H,10,12H2,1-2H3,(H2,24,31)(H,26,27)(H,29,30)(H2,25,28,32). The lowest BCUT2D eigenvalue weighted by molar-refractivity contribution is -0.139. The summed E-state index contributed by atoms with van der Waals surface area (Å²) in [5, 5.41) is 14.0. The van der Waals surface area contributed by atoms with Crippen molar-refractivity contribution in [3.05, 3.63) is 71.2 Å². The number of hydrogen-bond acceptors (Lipinski definition) is 5. The Labute approximate surface area is 190 Å². The van der Waals surface area contributed by atoms with E-state index in [4.69, 9.17) is 15.6 Å². The third-order valence-electron chi connectivity index (χ3n) is 4.70. The number of anilines is 2. The summed E-state index contributed by atoms with van der Waals surface area (Å²) in [6, 6.07) is 13.7. The summed E-state index contributed by atoms with van der Waals surface area (Å²) in [7, 11) is 0. The number of benzene rings is 2. The van der Waals surface area contributed by atoms with Crippen molar-refractivity contribution in [2.75, 3.05) is 17.2 Å². The van der Waals surface area contributed by atoms with E-state index in [0.29, 0.717) is 29.6 Å². The van der Waals surface area contributed by atoms with Crippen molar-refractivity contribution in [3.8, 4) is 5.75 Å². The molecule has 1 heterocycles. The Morgan fingerprint density at radius 3 is 2.48 bits per heavy atom. The number of carboxylic acid groups (broad SMARTS) is 1. The molecule has 0 saturated carbocycles. The molecule has 0 aliphatic rings. The number of aromatic nitrogens is 2. The quantitative estimate of drug-likeness (QED) is 0.335. The van der Waals surface area contributed by atoms with Crippen LogP contribution in [-0.2, 0) is 11.2 Å². The molecule has 33 heavy (non-hydrogen) atoms. The number of imidazole rings is 1. The van der Waals surface area contributed by atoms with Crippen LogP contribution in [-0.4, -0.2) is 39.6 Å². The van der Waals surface area contributed by atoms with Gasteiger partial charge in [-0.1, -0.05) is 38.1 Å². The number of nitrogens with one attached hydrogen (secondary N) is 3. The number of rotatable bonds is 9. The Bertz CT molecular complexity index is 1150. The van der Waals surface area contributed by atoms with E-state index < -0.39 is 24.5 Å². The third-order valence-corrected chi connectivity index (χ3v) is 4.70. The average Bonchev–Trinajstić information content (AvgIpc) is 3.15. The number of ether oxygens (including phenoxy) is 1. The van der Waals surface area contributed by atoms with Gasteiger partial charge in [0.15, 0.2) is 12.4 Å². The first-order valence-electron chi connectivity index (χ1n) is 10.2. The van der Waals surface area contributed by atoms with Gasteiger partial charge < -0.3 is 25.9 Å². The Hall–Kier alpha value is -4.34. The number of carboxylic acids is 1. The first-order chi connectivity index (χ1) is 15.7. The van der Waals surface area contributed by atoms with Crippen LogP contribution in [0.15, 0.2) is 48.5 Å². The van der Waals surface area contributed by atoms with E-state index in [9.17, 15) is 14.4 Å². The number of aliphatic carboxylic acids is 1. The molecule has 10 nitrogen and oxygen atoms in total. The predicted octanol–water partition coefficient (Wildman–Crippen LogP) is 3.33. The fourth-order valence-electron chi connectivity index (χ4n) is 3.06. The molecule has 3 aromatic rings. The second kappa shape index (κ2) is 10.3. The van der Waals surface area contributed by atoms with Crippen molar-refractivity contribution >= 4 is 29.4 Å². The van der Waals surface area contributed by atoms with E-state index in [-0.39, 0.29) is 11.5 Å². The molecule has 0 spiro atoms. The maximum atomic E-state index is 12.5. The second-order valence-electron chi connectivity index (χ2n) is 7.63. The van der Waals surface area contributed by atoms with Gasteiger partial charge in [0.25, 0.3) is 5.91 Å². The van der Waals surface area contributed by atoms with Crippen molar-refractivity contribution in [1.29, 1.82) is 0 Å². The summed E-state index contributed by atoms with van der Waals surface area (Å²) in [6.45, 7) is 3.68. The van der Waals surface area contributed by atoms with E-state index in [1.54, 1.807) is 30.3 Å². The smallest absolute Gasteiger partial charge is 0.341 e. The zero-order valence-electron chi connectivity index (χ0n) is 18.2. The van der Waals surface area contributed by atoms with Gasteiger partial charge in [0.1, 0.15) is 17.3 Å². The van der Waals surface area contributed by atoms with Crippen LogP contribution in [0.2, 0.25) is 0 Å². The van der Waals surface area contributed by atoms with Crippen LogP contribution < -0.4 is 21.1 Å². The van der Waals surface area contributed by atoms with Crippen LogP contribution in [0.3, 0.4) is 0 Å². The Morgan fingerprint density at radius 1 is 1.12 bits per heavy atom. The molecule has 3 amide bonds. The van der Waals surface area contributed by atoms with E-state index in [2.05, 4.69) is 34.4 Å². The molecule has 0 bridgehead atoms. The minimum Gasteiger partial charge on any atom is -0.482 e. The number of H-pyrrole nitrogens is 1. The normalized spacial score (nSPS) is 10.6. The van der Waals surface area contributed by atoms with E-state index in [1.165, 1.54) is 0 Å². The zero-order valence-corrected chi connectivity index (χ0v) is 18.2. The van der Waals surface area contributed by atoms with Crippen molar-refractivity contribution in [3.63, 3.8) is 0 Å². The highest BCUT2D eigenvalue weighted by Gasteiger charge is 2.18. The lowest BCUT2D eigenvalue weighted by Gasteiger charge is -2.10. The van der Waals surface area contributed by atoms with Gasteiger partial charge in [0.05, 0.1) is 0 Å². The van der Waals surface area contributed by atoms with Crippen molar-refractivity contribution in [2.24, 2.45) is 5.73 Å². The van der Waals surface area contributed by atoms with Crippen LogP contribution >= 0.6 is 0 Å². The van der Waals surface area contributed by atoms with Crippen LogP contribution in [0.1, 0.15) is 47.2 Å². The van der Waals surface area contributed by atoms with E-state index >= 15 is 0 Å². The SMILES string of the molecule is CC(C)c1cccc(NC(=O)Nc2nc(Cc3ccc(OCC(=O)O)cc3)[nH]c2C(N)=O)c1. The maximum Gasteiger partial charge on any atom is 0.341 e. The number of carbonyl (C=O) groups is 3. The number of aromatic amines is 1. The molecule has 172 valence electrons. The highest BCUT2D eigenvalue weighted by Crippen LogP contribution is 2.20. The molecule has 0 aliphatic heterocycles. The molecule has 0 radical (unpaired) electrons. The molecule has 3 rings (SSSR count). The minimum absolute atomic E-state index is 0.0162. The van der Waals surface area contributed by atoms with Crippen molar-refractivity contribution in [1.82, 2.24) is 9.97 Å². The van der Waals surface area contributed by atoms with E-state index in [1.807, 2.05) is 18.2 Å². The summed E-state index contributed by atoms with van der Waals surface area (Å²) >= 11 is 0. The van der Waals surface area contributed by atoms with Crippen LogP contribution in [0.25, 0.3) is 0 Å². The second-order valence-corrected chi connectivity index (χ2v) is 7.63. The van der Waals surface area contributed by atoms with Gasteiger partial charge in [0.2, 0.25) is 0 Å². The molecule has 6 N–H and O–H groups in total. The number of carbonyl (C=O) groups excluding carboxylic acids is 2. The van der Waals surface area contributed by atoms with Gasteiger partial charge >= 0.3 is 12.0 Å². The number of hydrogen-bond donors (Lipinski definition) is 5. The topological polar surface area (TPSA) is 159 Å². The number of urea groups is 1. The van der Waals surface area contributed by atoms with Gasteiger partial charge in [0, 0.05) is 12.1 Å². The molecule has 2 aromatic carbocycles. The first kappa shape index (κ1) is 23.3. The van der Waals surface area contributed by atoms with E-state index in [0.717, 1.165) is 11.1 Å². The van der Waals surface area contributed by atoms with Crippen LogP contribution in [0, 0.1) is 0 Å². The molecule has 0 fully saturated rings. The predicted molar refractivity (Wildman–Crippen MR) is 123 cm³/mol. The van der Waals surface area contributed by atoms with Crippen LogP contribution in [0.5, 0.6) is 5.75 Å². The van der Waals surface area contributed by atoms with Crippen LogP contribution in [0.4, 0.5) is 16.3 Å². The molecular formula is C23H25N5O5. The lowest BCUT2D eigenvalue weighted by Crippen LogP contribution is -2.22. The summed E-state index contributed by atoms with van der Waals surface area (Å²) in [5.41, 5.74) is 7.93.